The molecule has 26 heavy (non-hydrogen) atoms. The summed E-state index contributed by atoms with van der Waals surface area (Å²) in [6, 6.07) is 11.7. The molecule has 3 aromatic rings. The third-order valence-corrected chi connectivity index (χ3v) is 5.04. The van der Waals surface area contributed by atoms with Gasteiger partial charge in [0, 0.05) is 18.5 Å². The number of benzene rings is 2. The summed E-state index contributed by atoms with van der Waals surface area (Å²) < 4.78 is 50.1. The molecule has 0 radical (unpaired) electrons. The quantitative estimate of drug-likeness (QED) is 0.679. The molecule has 1 N–H and O–H groups in total. The van der Waals surface area contributed by atoms with Gasteiger partial charge in [-0.2, -0.15) is 0 Å². The molecule has 0 aliphatic heterocycles. The molecule has 0 bridgehead atoms. The molecule has 9 heteroatoms. The summed E-state index contributed by atoms with van der Waals surface area (Å²) in [6.07, 6.45) is 0.226. The van der Waals surface area contributed by atoms with Crippen molar-refractivity contribution in [2.24, 2.45) is 0 Å². The Morgan fingerprint density at radius 2 is 1.77 bits per heavy atom. The Morgan fingerprint density at radius 1 is 1.08 bits per heavy atom. The minimum atomic E-state index is -3.72. The lowest BCUT2D eigenvalue weighted by Gasteiger charge is -2.05. The van der Waals surface area contributed by atoms with Crippen molar-refractivity contribution in [3.05, 3.63) is 60.2 Å². The third-order valence-electron chi connectivity index (χ3n) is 3.56. The zero-order valence-corrected chi connectivity index (χ0v) is 14.7. The zero-order valence-electron chi connectivity index (χ0n) is 13.8. The number of aromatic nitrogens is 2. The number of rotatable bonds is 7. The third kappa shape index (κ3) is 4.24. The van der Waals surface area contributed by atoms with Crippen LogP contribution in [-0.4, -0.2) is 32.3 Å². The standard InChI is InChI=1S/C17H16FN3O4S/c1-24-14-6-2-12(3-7-14)17-21-20-16(25-17)10-11-19-26(22,23)15-8-4-13(18)5-9-15/h2-9,19H,10-11H2,1H3. The van der Waals surface area contributed by atoms with Gasteiger partial charge in [-0.1, -0.05) is 0 Å². The van der Waals surface area contributed by atoms with Gasteiger partial charge in [-0.15, -0.1) is 10.2 Å². The van der Waals surface area contributed by atoms with E-state index < -0.39 is 15.8 Å². The topological polar surface area (TPSA) is 94.3 Å². The van der Waals surface area contributed by atoms with E-state index in [-0.39, 0.29) is 17.9 Å². The minimum Gasteiger partial charge on any atom is -0.497 e. The highest BCUT2D eigenvalue weighted by Gasteiger charge is 2.15. The van der Waals surface area contributed by atoms with Gasteiger partial charge < -0.3 is 9.15 Å². The first-order valence-electron chi connectivity index (χ1n) is 7.70. The van der Waals surface area contributed by atoms with Gasteiger partial charge in [-0.3, -0.25) is 0 Å². The highest BCUT2D eigenvalue weighted by Crippen LogP contribution is 2.21. The van der Waals surface area contributed by atoms with Gasteiger partial charge in [-0.05, 0) is 48.5 Å². The number of methoxy groups -OCH3 is 1. The number of ether oxygens (including phenoxy) is 1. The van der Waals surface area contributed by atoms with Gasteiger partial charge in [0.2, 0.25) is 21.8 Å². The summed E-state index contributed by atoms with van der Waals surface area (Å²) in [5, 5.41) is 7.86. The Kier molecular flexibility index (Phi) is 5.29. The predicted octanol–water partition coefficient (Wildman–Crippen LogP) is 2.41. The molecule has 3 rings (SSSR count). The summed E-state index contributed by atoms with van der Waals surface area (Å²) >= 11 is 0. The lowest BCUT2D eigenvalue weighted by atomic mass is 10.2. The van der Waals surface area contributed by atoms with Gasteiger partial charge in [0.25, 0.3) is 0 Å². The van der Waals surface area contributed by atoms with Crippen LogP contribution in [-0.2, 0) is 16.4 Å². The molecular weight excluding hydrogens is 361 g/mol. The van der Waals surface area contributed by atoms with Crippen molar-refractivity contribution in [3.8, 4) is 17.2 Å². The number of hydrogen-bond acceptors (Lipinski definition) is 6. The van der Waals surface area contributed by atoms with Crippen molar-refractivity contribution in [2.45, 2.75) is 11.3 Å². The summed E-state index contributed by atoms with van der Waals surface area (Å²) in [6.45, 7) is 0.0734. The van der Waals surface area contributed by atoms with Crippen LogP contribution >= 0.6 is 0 Å². The Bertz CT molecular complexity index is 970. The predicted molar refractivity (Wildman–Crippen MR) is 91.6 cm³/mol. The molecule has 0 unspecified atom stereocenters. The SMILES string of the molecule is COc1ccc(-c2nnc(CCNS(=O)(=O)c3ccc(F)cc3)o2)cc1. The average molecular weight is 377 g/mol. The van der Waals surface area contributed by atoms with Gasteiger partial charge in [0.1, 0.15) is 11.6 Å². The first-order valence-corrected chi connectivity index (χ1v) is 9.18. The fourth-order valence-corrected chi connectivity index (χ4v) is 3.23. The molecule has 0 aliphatic carbocycles. The smallest absolute Gasteiger partial charge is 0.247 e. The molecule has 136 valence electrons. The lowest BCUT2D eigenvalue weighted by Crippen LogP contribution is -2.26. The maximum atomic E-state index is 12.9. The zero-order chi connectivity index (χ0) is 18.6. The first kappa shape index (κ1) is 18.0. The van der Waals surface area contributed by atoms with Crippen molar-refractivity contribution < 1.29 is 22.0 Å². The van der Waals surface area contributed by atoms with E-state index in [0.29, 0.717) is 17.5 Å². The maximum absolute atomic E-state index is 12.9. The highest BCUT2D eigenvalue weighted by molar-refractivity contribution is 7.89. The van der Waals surface area contributed by atoms with Crippen molar-refractivity contribution in [1.29, 1.82) is 0 Å². The largest absolute Gasteiger partial charge is 0.497 e. The first-order chi connectivity index (χ1) is 12.5. The molecule has 0 spiro atoms. The molecule has 1 heterocycles. The van der Waals surface area contributed by atoms with E-state index in [1.807, 2.05) is 0 Å². The molecule has 1 aromatic heterocycles. The van der Waals surface area contributed by atoms with E-state index in [1.54, 1.807) is 31.4 Å². The Balaban J connectivity index is 1.60. The molecule has 0 aliphatic rings. The molecular formula is C17H16FN3O4S. The second-order valence-corrected chi connectivity index (χ2v) is 7.10. The van der Waals surface area contributed by atoms with E-state index >= 15 is 0 Å². The Hall–Kier alpha value is -2.78. The summed E-state index contributed by atoms with van der Waals surface area (Å²) in [4.78, 5) is -0.0108. The second-order valence-electron chi connectivity index (χ2n) is 5.33. The number of nitrogens with zero attached hydrogens (tertiary/aromatic N) is 2. The van der Waals surface area contributed by atoms with Crippen LogP contribution in [0.25, 0.3) is 11.5 Å². The number of halogens is 1. The molecule has 0 atom stereocenters. The van der Waals surface area contributed by atoms with E-state index in [4.69, 9.17) is 9.15 Å². The van der Waals surface area contributed by atoms with Crippen LogP contribution in [0.15, 0.2) is 57.8 Å². The molecule has 2 aromatic carbocycles. The molecule has 0 saturated carbocycles. The Labute approximate surface area is 149 Å². The molecule has 0 fully saturated rings. The second kappa shape index (κ2) is 7.63. The fourth-order valence-electron chi connectivity index (χ4n) is 2.19. The summed E-state index contributed by atoms with van der Waals surface area (Å²) in [5.41, 5.74) is 0.733. The number of nitrogens with one attached hydrogen (secondary N) is 1. The van der Waals surface area contributed by atoms with Gasteiger partial charge >= 0.3 is 0 Å². The highest BCUT2D eigenvalue weighted by atomic mass is 32.2. The van der Waals surface area contributed by atoms with E-state index in [1.165, 1.54) is 12.1 Å². The van der Waals surface area contributed by atoms with Crippen LogP contribution in [0.1, 0.15) is 5.89 Å². The molecule has 7 nitrogen and oxygen atoms in total. The van der Waals surface area contributed by atoms with Crippen molar-refractivity contribution in [2.75, 3.05) is 13.7 Å². The lowest BCUT2D eigenvalue weighted by molar-refractivity contribution is 0.415. The number of sulfonamides is 1. The van der Waals surface area contributed by atoms with Gasteiger partial charge in [0.15, 0.2) is 0 Å². The monoisotopic (exact) mass is 377 g/mol. The van der Waals surface area contributed by atoms with Crippen LogP contribution in [0.3, 0.4) is 0 Å². The average Bonchev–Trinajstić information content (AvgIpc) is 3.11. The summed E-state index contributed by atoms with van der Waals surface area (Å²) in [7, 11) is -2.14. The van der Waals surface area contributed by atoms with E-state index in [9.17, 15) is 12.8 Å². The Morgan fingerprint density at radius 3 is 2.42 bits per heavy atom. The van der Waals surface area contributed by atoms with E-state index in [0.717, 1.165) is 17.7 Å². The summed E-state index contributed by atoms with van der Waals surface area (Å²) in [5.74, 6) is 0.853. The van der Waals surface area contributed by atoms with Crippen LogP contribution in [0.4, 0.5) is 4.39 Å². The van der Waals surface area contributed by atoms with Crippen molar-refractivity contribution in [1.82, 2.24) is 14.9 Å². The van der Waals surface area contributed by atoms with E-state index in [2.05, 4.69) is 14.9 Å². The maximum Gasteiger partial charge on any atom is 0.247 e. The molecule has 0 amide bonds. The van der Waals surface area contributed by atoms with Crippen LogP contribution in [0, 0.1) is 5.82 Å². The normalized spacial score (nSPS) is 11.5. The van der Waals surface area contributed by atoms with Crippen molar-refractivity contribution >= 4 is 10.0 Å². The fraction of sp³-hybridized carbons (Fsp3) is 0.176. The minimum absolute atomic E-state index is 0.0108. The van der Waals surface area contributed by atoms with Crippen LogP contribution < -0.4 is 9.46 Å². The van der Waals surface area contributed by atoms with Gasteiger partial charge in [-0.25, -0.2) is 17.5 Å². The van der Waals surface area contributed by atoms with Crippen molar-refractivity contribution in [3.63, 3.8) is 0 Å². The number of hydrogen-bond donors (Lipinski definition) is 1. The molecule has 0 saturated heterocycles. The van der Waals surface area contributed by atoms with Gasteiger partial charge in [0.05, 0.1) is 12.0 Å². The van der Waals surface area contributed by atoms with Crippen LogP contribution in [0.2, 0.25) is 0 Å². The van der Waals surface area contributed by atoms with Crippen LogP contribution in [0.5, 0.6) is 5.75 Å².